The van der Waals surface area contributed by atoms with Gasteiger partial charge in [-0.15, -0.1) is 0 Å². The highest BCUT2D eigenvalue weighted by Gasteiger charge is 2.11. The minimum Gasteiger partial charge on any atom is -0.480 e. The molecule has 0 saturated heterocycles. The maximum Gasteiger partial charge on any atom is 0.320 e. The van der Waals surface area contributed by atoms with E-state index in [4.69, 9.17) is 10.8 Å². The van der Waals surface area contributed by atoms with Crippen LogP contribution in [0.3, 0.4) is 0 Å². The fraction of sp³-hybridized carbons (Fsp3) is 0.667. The van der Waals surface area contributed by atoms with E-state index in [2.05, 4.69) is 0 Å². The molecule has 15 heavy (non-hydrogen) atoms. The molecule has 6 heteroatoms. The summed E-state index contributed by atoms with van der Waals surface area (Å²) in [4.78, 5) is 31.7. The number of carbonyl (C=O) groups excluding carboxylic acids is 2. The molecule has 0 radical (unpaired) electrons. The number of carboxylic acid groups (broad SMARTS) is 1. The fourth-order valence-corrected chi connectivity index (χ4v) is 1.59. The van der Waals surface area contributed by atoms with Crippen LogP contribution in [0.2, 0.25) is 0 Å². The summed E-state index contributed by atoms with van der Waals surface area (Å²) in [5, 5.41) is 8.02. The first-order chi connectivity index (χ1) is 6.95. The number of carboxylic acids is 1. The van der Waals surface area contributed by atoms with Crippen molar-refractivity contribution in [2.45, 2.75) is 32.2 Å². The van der Waals surface area contributed by atoms with E-state index in [0.29, 0.717) is 25.0 Å². The zero-order valence-corrected chi connectivity index (χ0v) is 9.38. The third kappa shape index (κ3) is 7.10. The summed E-state index contributed by atoms with van der Waals surface area (Å²) in [6.07, 6.45) is 1.72. The molecule has 0 rings (SSSR count). The molecule has 0 aromatic rings. The summed E-state index contributed by atoms with van der Waals surface area (Å²) in [6, 6.07) is -0.835. The smallest absolute Gasteiger partial charge is 0.320 e. The second-order valence-corrected chi connectivity index (χ2v) is 4.20. The van der Waals surface area contributed by atoms with Crippen LogP contribution in [0.25, 0.3) is 0 Å². The van der Waals surface area contributed by atoms with E-state index in [-0.39, 0.29) is 0 Å². The monoisotopic (exact) mass is 233 g/mol. The van der Waals surface area contributed by atoms with Gasteiger partial charge in [-0.1, -0.05) is 18.2 Å². The molecule has 86 valence electrons. The predicted octanol–water partition coefficient (Wildman–Crippen LogP) is 0.417. The Kier molecular flexibility index (Phi) is 6.98. The highest BCUT2D eigenvalue weighted by Crippen LogP contribution is 2.08. The molecule has 3 N–H and O–H groups in total. The summed E-state index contributed by atoms with van der Waals surface area (Å²) in [6.45, 7) is 1.23. The first-order valence-electron chi connectivity index (χ1n) is 4.61. The Hall–Kier alpha value is -0.880. The van der Waals surface area contributed by atoms with Gasteiger partial charge in [-0.2, -0.15) is 0 Å². The van der Waals surface area contributed by atoms with Crippen LogP contribution in [-0.2, 0) is 14.4 Å². The van der Waals surface area contributed by atoms with E-state index in [1.165, 1.54) is 6.92 Å². The summed E-state index contributed by atoms with van der Waals surface area (Å²) < 4.78 is 0. The normalized spacial score (nSPS) is 12.1. The third-order valence-corrected chi connectivity index (χ3v) is 2.79. The van der Waals surface area contributed by atoms with Crippen LogP contribution in [0.15, 0.2) is 0 Å². The van der Waals surface area contributed by atoms with Crippen LogP contribution < -0.4 is 5.73 Å². The van der Waals surface area contributed by atoms with Crippen molar-refractivity contribution < 1.29 is 19.5 Å². The predicted molar refractivity (Wildman–Crippen MR) is 57.6 cm³/mol. The second kappa shape index (κ2) is 7.42. The van der Waals surface area contributed by atoms with Crippen LogP contribution >= 0.6 is 11.8 Å². The van der Waals surface area contributed by atoms with E-state index < -0.39 is 22.9 Å². The molecule has 0 spiro atoms. The van der Waals surface area contributed by atoms with Crippen molar-refractivity contribution in [2.75, 3.05) is 5.75 Å². The Morgan fingerprint density at radius 1 is 1.33 bits per heavy atom. The van der Waals surface area contributed by atoms with Gasteiger partial charge in [0, 0.05) is 12.7 Å². The maximum atomic E-state index is 10.8. The van der Waals surface area contributed by atoms with Crippen LogP contribution in [0.4, 0.5) is 0 Å². The Morgan fingerprint density at radius 3 is 2.40 bits per heavy atom. The number of thioether (sulfide) groups is 1. The van der Waals surface area contributed by atoms with Gasteiger partial charge in [0.05, 0.1) is 0 Å². The first kappa shape index (κ1) is 14.1. The molecule has 0 aliphatic heterocycles. The lowest BCUT2D eigenvalue weighted by Gasteiger charge is -2.04. The van der Waals surface area contributed by atoms with Gasteiger partial charge in [0.15, 0.2) is 0 Å². The van der Waals surface area contributed by atoms with E-state index >= 15 is 0 Å². The molecule has 0 fully saturated rings. The standard InChI is InChI=1S/C9H15NO4S/c1-6(11)9(14)15-5-3-2-4-7(10)8(12)13/h7H,2-5,10H2,1H3,(H,12,13). The zero-order valence-electron chi connectivity index (χ0n) is 8.56. The van der Waals surface area contributed by atoms with Gasteiger partial charge in [0.1, 0.15) is 6.04 Å². The lowest BCUT2D eigenvalue weighted by atomic mass is 10.1. The summed E-state index contributed by atoms with van der Waals surface area (Å²) in [5.74, 6) is -0.935. The van der Waals surface area contributed by atoms with E-state index in [1.54, 1.807) is 0 Å². The molecule has 5 nitrogen and oxygen atoms in total. The summed E-state index contributed by atoms with van der Waals surface area (Å²) in [5.41, 5.74) is 5.28. The number of Topliss-reactive ketones (excluding diaryl/α,β-unsaturated/α-hetero) is 1. The molecule has 0 saturated carbocycles. The van der Waals surface area contributed by atoms with Gasteiger partial charge in [-0.25, -0.2) is 0 Å². The van der Waals surface area contributed by atoms with Gasteiger partial charge in [0.25, 0.3) is 5.12 Å². The number of hydrogen-bond donors (Lipinski definition) is 2. The number of rotatable bonds is 7. The number of ketones is 1. The SMILES string of the molecule is CC(=O)C(=O)SCCCCC(N)C(=O)O. The van der Waals surface area contributed by atoms with Crippen LogP contribution in [0.1, 0.15) is 26.2 Å². The molecule has 0 bridgehead atoms. The Balaban J connectivity index is 3.44. The molecule has 0 aromatic heterocycles. The van der Waals surface area contributed by atoms with Crippen LogP contribution in [0, 0.1) is 0 Å². The van der Waals surface area contributed by atoms with Gasteiger partial charge in [-0.05, 0) is 12.8 Å². The molecule has 0 heterocycles. The number of unbranched alkanes of at least 4 members (excludes halogenated alkanes) is 1. The molecule has 0 amide bonds. The lowest BCUT2D eigenvalue weighted by Crippen LogP contribution is -2.29. The Labute approximate surface area is 92.4 Å². The fourth-order valence-electron chi connectivity index (χ4n) is 0.856. The minimum atomic E-state index is -1.01. The molecule has 1 atom stereocenters. The number of hydrogen-bond acceptors (Lipinski definition) is 5. The zero-order chi connectivity index (χ0) is 11.8. The summed E-state index contributed by atoms with van der Waals surface area (Å²) in [7, 11) is 0. The topological polar surface area (TPSA) is 97.5 Å². The van der Waals surface area contributed by atoms with Crippen molar-refractivity contribution in [3.8, 4) is 0 Å². The van der Waals surface area contributed by atoms with E-state index in [1.807, 2.05) is 0 Å². The lowest BCUT2D eigenvalue weighted by molar-refractivity contribution is -0.138. The molecule has 0 aliphatic rings. The Bertz CT molecular complexity index is 254. The highest BCUT2D eigenvalue weighted by atomic mass is 32.2. The second-order valence-electron chi connectivity index (χ2n) is 3.13. The number of carbonyl (C=O) groups is 3. The van der Waals surface area contributed by atoms with Crippen molar-refractivity contribution in [3.63, 3.8) is 0 Å². The Morgan fingerprint density at radius 2 is 1.93 bits per heavy atom. The third-order valence-electron chi connectivity index (χ3n) is 1.75. The number of nitrogens with two attached hydrogens (primary N) is 1. The average molecular weight is 233 g/mol. The van der Waals surface area contributed by atoms with Gasteiger partial charge in [0.2, 0.25) is 5.78 Å². The minimum absolute atomic E-state index is 0.393. The average Bonchev–Trinajstić information content (AvgIpc) is 2.16. The van der Waals surface area contributed by atoms with Gasteiger partial charge < -0.3 is 10.8 Å². The highest BCUT2D eigenvalue weighted by molar-refractivity contribution is 8.15. The van der Waals surface area contributed by atoms with Crippen LogP contribution in [0.5, 0.6) is 0 Å². The van der Waals surface area contributed by atoms with Crippen molar-refractivity contribution in [1.29, 1.82) is 0 Å². The largest absolute Gasteiger partial charge is 0.480 e. The summed E-state index contributed by atoms with van der Waals surface area (Å²) >= 11 is 0.968. The molecular formula is C9H15NO4S. The van der Waals surface area contributed by atoms with Crippen LogP contribution in [-0.4, -0.2) is 33.8 Å². The van der Waals surface area contributed by atoms with Gasteiger partial charge in [-0.3, -0.25) is 14.4 Å². The molecule has 0 aliphatic carbocycles. The first-order valence-corrected chi connectivity index (χ1v) is 5.59. The van der Waals surface area contributed by atoms with Crippen molar-refractivity contribution in [1.82, 2.24) is 0 Å². The molecular weight excluding hydrogens is 218 g/mol. The van der Waals surface area contributed by atoms with Crippen molar-refractivity contribution in [2.24, 2.45) is 5.73 Å². The van der Waals surface area contributed by atoms with E-state index in [9.17, 15) is 14.4 Å². The number of aliphatic carboxylic acids is 1. The van der Waals surface area contributed by atoms with Crippen molar-refractivity contribution >= 4 is 28.6 Å². The van der Waals surface area contributed by atoms with E-state index in [0.717, 1.165) is 11.8 Å². The maximum absolute atomic E-state index is 10.8. The molecule has 0 aromatic carbocycles. The van der Waals surface area contributed by atoms with Gasteiger partial charge >= 0.3 is 5.97 Å². The molecule has 1 unspecified atom stereocenters. The van der Waals surface area contributed by atoms with Crippen molar-refractivity contribution in [3.05, 3.63) is 0 Å². The quantitative estimate of drug-likeness (QED) is 0.488.